The molecule has 7 heteroatoms. The van der Waals surface area contributed by atoms with Gasteiger partial charge in [-0.05, 0) is 73.2 Å². The SMILES string of the molecule is CCOc1ccc(N2C(=O)/C(=C/c3ccccc3OCc3ccc(Br)cc3)N(C)C2=S)cc1. The van der Waals surface area contributed by atoms with E-state index < -0.39 is 0 Å². The molecule has 3 aromatic carbocycles. The van der Waals surface area contributed by atoms with E-state index in [-0.39, 0.29) is 5.91 Å². The smallest absolute Gasteiger partial charge is 0.281 e. The first-order valence-corrected chi connectivity index (χ1v) is 11.7. The first kappa shape index (κ1) is 23.0. The van der Waals surface area contributed by atoms with Crippen LogP contribution < -0.4 is 14.4 Å². The number of hydrogen-bond acceptors (Lipinski definition) is 4. The number of para-hydroxylation sites is 1. The number of rotatable bonds is 7. The van der Waals surface area contributed by atoms with Gasteiger partial charge in [-0.2, -0.15) is 0 Å². The molecule has 5 nitrogen and oxygen atoms in total. The highest BCUT2D eigenvalue weighted by molar-refractivity contribution is 9.10. The zero-order valence-corrected chi connectivity index (χ0v) is 20.7. The van der Waals surface area contributed by atoms with Crippen molar-refractivity contribution in [2.24, 2.45) is 0 Å². The molecule has 0 bridgehead atoms. The molecule has 0 saturated carbocycles. The van der Waals surface area contributed by atoms with Crippen molar-refractivity contribution in [2.45, 2.75) is 13.5 Å². The first-order chi connectivity index (χ1) is 16.0. The highest BCUT2D eigenvalue weighted by Crippen LogP contribution is 2.31. The van der Waals surface area contributed by atoms with Crippen LogP contribution in [0, 0.1) is 0 Å². The number of ether oxygens (including phenoxy) is 2. The van der Waals surface area contributed by atoms with Crippen molar-refractivity contribution in [1.29, 1.82) is 0 Å². The summed E-state index contributed by atoms with van der Waals surface area (Å²) in [6.07, 6.45) is 1.82. The van der Waals surface area contributed by atoms with Crippen LogP contribution >= 0.6 is 28.1 Å². The Bertz CT molecular complexity index is 1190. The van der Waals surface area contributed by atoms with Crippen molar-refractivity contribution >= 4 is 50.9 Å². The van der Waals surface area contributed by atoms with Crippen LogP contribution in [-0.2, 0) is 11.4 Å². The Morgan fingerprint density at radius 3 is 2.36 bits per heavy atom. The molecule has 1 saturated heterocycles. The zero-order chi connectivity index (χ0) is 23.4. The minimum atomic E-state index is -0.186. The fraction of sp³-hybridized carbons (Fsp3) is 0.154. The lowest BCUT2D eigenvalue weighted by molar-refractivity contribution is -0.114. The molecule has 4 rings (SSSR count). The molecule has 0 aliphatic carbocycles. The first-order valence-electron chi connectivity index (χ1n) is 10.5. The lowest BCUT2D eigenvalue weighted by Crippen LogP contribution is -2.31. The standard InChI is InChI=1S/C26H23BrN2O3S/c1-3-31-22-14-12-21(13-15-22)29-25(30)23(28(2)26(29)33)16-19-6-4-5-7-24(19)32-17-18-8-10-20(27)11-9-18/h4-16H,3,17H2,1-2H3/b23-16-. The molecule has 0 N–H and O–H groups in total. The number of halogens is 1. The molecular formula is C26H23BrN2O3S. The van der Waals surface area contributed by atoms with Crippen LogP contribution in [0.2, 0.25) is 0 Å². The molecule has 1 fully saturated rings. The van der Waals surface area contributed by atoms with Gasteiger partial charge in [0.2, 0.25) is 0 Å². The van der Waals surface area contributed by atoms with Gasteiger partial charge in [0.15, 0.2) is 5.11 Å². The van der Waals surface area contributed by atoms with Crippen molar-refractivity contribution in [3.8, 4) is 11.5 Å². The van der Waals surface area contributed by atoms with Crippen LogP contribution in [-0.4, -0.2) is 29.6 Å². The maximum atomic E-state index is 13.3. The van der Waals surface area contributed by atoms with E-state index in [4.69, 9.17) is 21.7 Å². The van der Waals surface area contributed by atoms with Gasteiger partial charge in [0.1, 0.15) is 23.8 Å². The number of thiocarbonyl (C=S) groups is 1. The second-order valence-electron chi connectivity index (χ2n) is 7.39. The molecule has 168 valence electrons. The number of carbonyl (C=O) groups is 1. The summed E-state index contributed by atoms with van der Waals surface area (Å²) in [5.74, 6) is 1.26. The van der Waals surface area contributed by atoms with Crippen molar-refractivity contribution in [3.05, 3.63) is 94.1 Å². The maximum absolute atomic E-state index is 13.3. The van der Waals surface area contributed by atoms with Gasteiger partial charge < -0.3 is 14.4 Å². The molecular weight excluding hydrogens is 500 g/mol. The van der Waals surface area contributed by atoms with Gasteiger partial charge in [0, 0.05) is 17.1 Å². The Hall–Kier alpha value is -3.16. The summed E-state index contributed by atoms with van der Waals surface area (Å²) >= 11 is 9.03. The van der Waals surface area contributed by atoms with E-state index in [0.29, 0.717) is 35.5 Å². The van der Waals surface area contributed by atoms with E-state index in [1.807, 2.05) is 85.8 Å². The van der Waals surface area contributed by atoms with Gasteiger partial charge in [-0.15, -0.1) is 0 Å². The maximum Gasteiger partial charge on any atom is 0.281 e. The average molecular weight is 523 g/mol. The number of benzene rings is 3. The molecule has 1 aliphatic rings. The largest absolute Gasteiger partial charge is 0.494 e. The second kappa shape index (κ2) is 10.2. The van der Waals surface area contributed by atoms with E-state index in [1.165, 1.54) is 4.90 Å². The Balaban J connectivity index is 1.58. The lowest BCUT2D eigenvalue weighted by Gasteiger charge is -2.16. The molecule has 33 heavy (non-hydrogen) atoms. The monoisotopic (exact) mass is 522 g/mol. The third-order valence-electron chi connectivity index (χ3n) is 5.19. The van der Waals surface area contributed by atoms with Gasteiger partial charge in [0.25, 0.3) is 5.91 Å². The predicted molar refractivity (Wildman–Crippen MR) is 138 cm³/mol. The summed E-state index contributed by atoms with van der Waals surface area (Å²) in [4.78, 5) is 16.6. The minimum absolute atomic E-state index is 0.186. The van der Waals surface area contributed by atoms with Gasteiger partial charge in [-0.1, -0.05) is 46.3 Å². The fourth-order valence-electron chi connectivity index (χ4n) is 3.46. The summed E-state index contributed by atoms with van der Waals surface area (Å²) in [6.45, 7) is 2.94. The summed E-state index contributed by atoms with van der Waals surface area (Å²) in [5, 5.41) is 0.420. The van der Waals surface area contributed by atoms with Crippen LogP contribution in [0.15, 0.2) is 83.0 Å². The van der Waals surface area contributed by atoms with Crippen molar-refractivity contribution in [2.75, 3.05) is 18.6 Å². The van der Waals surface area contributed by atoms with Gasteiger partial charge in [-0.25, -0.2) is 0 Å². The molecule has 0 spiro atoms. The van der Waals surface area contributed by atoms with Crippen LogP contribution in [0.4, 0.5) is 5.69 Å². The summed E-state index contributed by atoms with van der Waals surface area (Å²) in [7, 11) is 1.80. The highest BCUT2D eigenvalue weighted by atomic mass is 79.9. The van der Waals surface area contributed by atoms with Crippen LogP contribution in [0.5, 0.6) is 11.5 Å². The van der Waals surface area contributed by atoms with E-state index in [1.54, 1.807) is 11.9 Å². The van der Waals surface area contributed by atoms with Crippen LogP contribution in [0.25, 0.3) is 6.08 Å². The van der Waals surface area contributed by atoms with Gasteiger partial charge >= 0.3 is 0 Å². The van der Waals surface area contributed by atoms with Crippen molar-refractivity contribution < 1.29 is 14.3 Å². The molecule has 0 unspecified atom stereocenters. The third-order valence-corrected chi connectivity index (χ3v) is 6.17. The lowest BCUT2D eigenvalue weighted by atomic mass is 10.1. The van der Waals surface area contributed by atoms with E-state index in [0.717, 1.165) is 21.3 Å². The number of amides is 1. The van der Waals surface area contributed by atoms with Crippen LogP contribution in [0.3, 0.4) is 0 Å². The minimum Gasteiger partial charge on any atom is -0.494 e. The molecule has 3 aromatic rings. The normalized spacial score (nSPS) is 14.8. The Morgan fingerprint density at radius 2 is 1.67 bits per heavy atom. The Morgan fingerprint density at radius 1 is 0.970 bits per heavy atom. The van der Waals surface area contributed by atoms with Crippen LogP contribution in [0.1, 0.15) is 18.1 Å². The summed E-state index contributed by atoms with van der Waals surface area (Å²) < 4.78 is 12.6. The number of likely N-dealkylation sites (N-methyl/N-ethyl adjacent to an activating group) is 1. The quantitative estimate of drug-likeness (QED) is 0.280. The fourth-order valence-corrected chi connectivity index (χ4v) is 4.01. The number of carbonyl (C=O) groups excluding carboxylic acids is 1. The van der Waals surface area contributed by atoms with Crippen molar-refractivity contribution in [1.82, 2.24) is 4.90 Å². The van der Waals surface area contributed by atoms with Gasteiger partial charge in [-0.3, -0.25) is 9.69 Å². The molecule has 0 aromatic heterocycles. The summed E-state index contributed by atoms with van der Waals surface area (Å²) in [6, 6.07) is 23.0. The highest BCUT2D eigenvalue weighted by Gasteiger charge is 2.37. The van der Waals surface area contributed by atoms with E-state index >= 15 is 0 Å². The molecule has 1 amide bonds. The van der Waals surface area contributed by atoms with E-state index in [2.05, 4.69) is 15.9 Å². The molecule has 0 radical (unpaired) electrons. The molecule has 1 aliphatic heterocycles. The topological polar surface area (TPSA) is 42.0 Å². The zero-order valence-electron chi connectivity index (χ0n) is 18.3. The second-order valence-corrected chi connectivity index (χ2v) is 8.67. The van der Waals surface area contributed by atoms with Gasteiger partial charge in [0.05, 0.1) is 12.3 Å². The number of nitrogens with zero attached hydrogens (tertiary/aromatic N) is 2. The molecule has 1 heterocycles. The third kappa shape index (κ3) is 5.10. The molecule has 0 atom stereocenters. The average Bonchev–Trinajstić information content (AvgIpc) is 3.03. The Kier molecular flexibility index (Phi) is 7.11. The summed E-state index contributed by atoms with van der Waals surface area (Å²) in [5.41, 5.74) is 3.04. The number of anilines is 1. The Labute approximate surface area is 207 Å². The predicted octanol–water partition coefficient (Wildman–Crippen LogP) is 6.03. The van der Waals surface area contributed by atoms with E-state index in [9.17, 15) is 4.79 Å². The number of hydrogen-bond donors (Lipinski definition) is 0. The van der Waals surface area contributed by atoms with Crippen molar-refractivity contribution in [3.63, 3.8) is 0 Å².